The van der Waals surface area contributed by atoms with Crippen LogP contribution in [0.3, 0.4) is 0 Å². The van der Waals surface area contributed by atoms with Crippen LogP contribution in [0, 0.1) is 0 Å². The molecule has 0 rings (SSSR count). The summed E-state index contributed by atoms with van der Waals surface area (Å²) in [6.45, 7) is 10.6. The van der Waals surface area contributed by atoms with Crippen molar-refractivity contribution >= 4 is 29.8 Å². The Kier molecular flexibility index (Phi) is 20.2. The molecule has 0 radical (unpaired) electrons. The smallest absolute Gasteiger partial charge is 0.351 e. The molecule has 34 heavy (non-hydrogen) atoms. The third-order valence-electron chi connectivity index (χ3n) is 4.14. The Morgan fingerprint density at radius 1 is 0.794 bits per heavy atom. The molecule has 0 heterocycles. The second kappa shape index (κ2) is 20.7. The van der Waals surface area contributed by atoms with Crippen molar-refractivity contribution in [3.05, 3.63) is 12.7 Å². The molecule has 0 atom stereocenters. The van der Waals surface area contributed by atoms with Gasteiger partial charge in [-0.25, -0.2) is 4.79 Å². The van der Waals surface area contributed by atoms with Gasteiger partial charge >= 0.3 is 29.8 Å². The lowest BCUT2D eigenvalue weighted by atomic mass is 9.95. The van der Waals surface area contributed by atoms with Crippen LogP contribution in [0.2, 0.25) is 0 Å². The fraction of sp³-hybridized carbons (Fsp3) is 0.708. The van der Waals surface area contributed by atoms with E-state index in [9.17, 15) is 24.0 Å². The monoisotopic (exact) mass is 488 g/mol. The molecule has 0 aromatic rings. The average Bonchev–Trinajstić information content (AvgIpc) is 2.74. The molecule has 0 aliphatic carbocycles. The number of aliphatic carboxylic acids is 1. The standard InChI is InChI=1S/C20H34O8.C4H6O2/c1-5-8-11-25-17(22)14-20(28-16(4)21,19(24)27-13-10-7-3)15-18(23)26-12-9-6-2;1-2-3-4(5)6/h5-15H2,1-4H3;2H,1,3H2,(H,5,6). The maximum atomic E-state index is 12.7. The van der Waals surface area contributed by atoms with Crippen molar-refractivity contribution in [2.24, 2.45) is 0 Å². The van der Waals surface area contributed by atoms with E-state index in [1.54, 1.807) is 0 Å². The number of unbranched alkanes of at least 4 members (excludes halogenated alkanes) is 3. The topological polar surface area (TPSA) is 142 Å². The molecule has 1 N–H and O–H groups in total. The molecular weight excluding hydrogens is 448 g/mol. The lowest BCUT2D eigenvalue weighted by molar-refractivity contribution is -0.190. The van der Waals surface area contributed by atoms with Gasteiger partial charge in [-0.05, 0) is 19.3 Å². The van der Waals surface area contributed by atoms with E-state index in [1.807, 2.05) is 20.8 Å². The fourth-order valence-corrected chi connectivity index (χ4v) is 2.39. The van der Waals surface area contributed by atoms with Crippen LogP contribution in [0.4, 0.5) is 0 Å². The second-order valence-corrected chi connectivity index (χ2v) is 7.47. The molecule has 0 fully saturated rings. The Morgan fingerprint density at radius 2 is 1.21 bits per heavy atom. The highest BCUT2D eigenvalue weighted by molar-refractivity contribution is 5.92. The summed E-state index contributed by atoms with van der Waals surface area (Å²) in [5.41, 5.74) is -2.09. The zero-order valence-electron chi connectivity index (χ0n) is 20.9. The highest BCUT2D eigenvalue weighted by Crippen LogP contribution is 2.26. The van der Waals surface area contributed by atoms with Gasteiger partial charge in [0.05, 0.1) is 39.1 Å². The Hall–Kier alpha value is -2.91. The van der Waals surface area contributed by atoms with Crippen LogP contribution in [0.1, 0.15) is 85.5 Å². The molecule has 196 valence electrons. The largest absolute Gasteiger partial charge is 0.481 e. The van der Waals surface area contributed by atoms with Crippen LogP contribution in [0.5, 0.6) is 0 Å². The summed E-state index contributed by atoms with van der Waals surface area (Å²) in [7, 11) is 0. The SMILES string of the molecule is C=CCC(=O)O.CCCCOC(=O)CC(CC(=O)OCCCC)(OC(C)=O)C(=O)OCCCC. The first-order chi connectivity index (χ1) is 16.1. The van der Waals surface area contributed by atoms with Gasteiger partial charge in [-0.1, -0.05) is 46.1 Å². The number of ether oxygens (including phenoxy) is 4. The third-order valence-corrected chi connectivity index (χ3v) is 4.14. The van der Waals surface area contributed by atoms with Gasteiger partial charge in [-0.15, -0.1) is 6.58 Å². The molecule has 10 heteroatoms. The van der Waals surface area contributed by atoms with E-state index in [4.69, 9.17) is 24.1 Å². The highest BCUT2D eigenvalue weighted by atomic mass is 16.6. The first-order valence-corrected chi connectivity index (χ1v) is 11.6. The molecule has 0 saturated heterocycles. The van der Waals surface area contributed by atoms with E-state index in [1.165, 1.54) is 6.08 Å². The molecule has 0 aromatic heterocycles. The Balaban J connectivity index is 0. The maximum absolute atomic E-state index is 12.7. The van der Waals surface area contributed by atoms with Gasteiger partial charge in [0.25, 0.3) is 0 Å². The van der Waals surface area contributed by atoms with Gasteiger partial charge in [-0.2, -0.15) is 0 Å². The minimum atomic E-state index is -2.09. The first kappa shape index (κ1) is 33.3. The van der Waals surface area contributed by atoms with Crippen LogP contribution in [0.15, 0.2) is 12.7 Å². The van der Waals surface area contributed by atoms with Crippen molar-refractivity contribution in [2.45, 2.75) is 91.1 Å². The maximum Gasteiger partial charge on any atom is 0.351 e. The van der Waals surface area contributed by atoms with Crippen molar-refractivity contribution in [3.8, 4) is 0 Å². The number of hydrogen-bond acceptors (Lipinski definition) is 9. The summed E-state index contributed by atoms with van der Waals surface area (Å²) < 4.78 is 20.5. The molecule has 0 aliphatic heterocycles. The number of hydrogen-bond donors (Lipinski definition) is 1. The minimum Gasteiger partial charge on any atom is -0.481 e. The molecule has 0 aliphatic rings. The van der Waals surface area contributed by atoms with Gasteiger partial charge < -0.3 is 24.1 Å². The number of carboxylic acids is 1. The van der Waals surface area contributed by atoms with E-state index >= 15 is 0 Å². The minimum absolute atomic E-state index is 0.0556. The zero-order chi connectivity index (χ0) is 26.4. The Bertz CT molecular complexity index is 618. The van der Waals surface area contributed by atoms with Crippen molar-refractivity contribution in [1.29, 1.82) is 0 Å². The number of carbonyl (C=O) groups excluding carboxylic acids is 4. The van der Waals surface area contributed by atoms with Gasteiger partial charge in [0.1, 0.15) is 0 Å². The van der Waals surface area contributed by atoms with Crippen LogP contribution in [-0.2, 0) is 42.9 Å². The molecule has 0 amide bonds. The molecule has 0 spiro atoms. The van der Waals surface area contributed by atoms with Crippen molar-refractivity contribution in [2.75, 3.05) is 19.8 Å². The lowest BCUT2D eigenvalue weighted by Crippen LogP contribution is -2.48. The van der Waals surface area contributed by atoms with Gasteiger partial charge in [-0.3, -0.25) is 19.2 Å². The highest BCUT2D eigenvalue weighted by Gasteiger charge is 2.48. The van der Waals surface area contributed by atoms with E-state index in [-0.39, 0.29) is 26.2 Å². The number of carboxylic acid groups (broad SMARTS) is 1. The lowest BCUT2D eigenvalue weighted by Gasteiger charge is -2.29. The van der Waals surface area contributed by atoms with E-state index in [2.05, 4.69) is 6.58 Å². The summed E-state index contributed by atoms with van der Waals surface area (Å²) in [5.74, 6) is -4.08. The quantitative estimate of drug-likeness (QED) is 0.139. The summed E-state index contributed by atoms with van der Waals surface area (Å²) in [5, 5.41) is 7.84. The fourth-order valence-electron chi connectivity index (χ4n) is 2.39. The van der Waals surface area contributed by atoms with Crippen molar-refractivity contribution in [1.82, 2.24) is 0 Å². The molecule has 0 aromatic carbocycles. The molecule has 0 unspecified atom stereocenters. The number of esters is 4. The van der Waals surface area contributed by atoms with Gasteiger partial charge in [0.2, 0.25) is 5.60 Å². The summed E-state index contributed by atoms with van der Waals surface area (Å²) >= 11 is 0. The normalized spacial score (nSPS) is 10.2. The third kappa shape index (κ3) is 17.6. The van der Waals surface area contributed by atoms with E-state index < -0.39 is 48.3 Å². The molecule has 0 saturated carbocycles. The predicted octanol–water partition coefficient (Wildman–Crippen LogP) is 3.75. The summed E-state index contributed by atoms with van der Waals surface area (Å²) in [6.07, 6.45) is 4.54. The summed E-state index contributed by atoms with van der Waals surface area (Å²) in [6, 6.07) is 0. The molecular formula is C24H40O10. The zero-order valence-corrected chi connectivity index (χ0v) is 20.9. The predicted molar refractivity (Wildman–Crippen MR) is 124 cm³/mol. The Morgan fingerprint density at radius 3 is 1.50 bits per heavy atom. The van der Waals surface area contributed by atoms with E-state index in [0.717, 1.165) is 26.2 Å². The van der Waals surface area contributed by atoms with E-state index in [0.29, 0.717) is 19.3 Å². The first-order valence-electron chi connectivity index (χ1n) is 11.6. The molecule has 0 bridgehead atoms. The number of rotatable bonds is 17. The van der Waals surface area contributed by atoms with Crippen LogP contribution < -0.4 is 0 Å². The van der Waals surface area contributed by atoms with Crippen LogP contribution in [-0.4, -0.2) is 60.4 Å². The second-order valence-electron chi connectivity index (χ2n) is 7.47. The number of carbonyl (C=O) groups is 5. The van der Waals surface area contributed by atoms with Gasteiger partial charge in [0.15, 0.2) is 0 Å². The molecule has 10 nitrogen and oxygen atoms in total. The van der Waals surface area contributed by atoms with Crippen LogP contribution in [0.25, 0.3) is 0 Å². The average molecular weight is 489 g/mol. The van der Waals surface area contributed by atoms with Crippen molar-refractivity contribution < 1.29 is 48.0 Å². The van der Waals surface area contributed by atoms with Crippen LogP contribution >= 0.6 is 0 Å². The summed E-state index contributed by atoms with van der Waals surface area (Å²) in [4.78, 5) is 58.3. The van der Waals surface area contributed by atoms with Crippen molar-refractivity contribution in [3.63, 3.8) is 0 Å². The van der Waals surface area contributed by atoms with Gasteiger partial charge in [0, 0.05) is 6.92 Å². The Labute approximate surface area is 202 Å².